The number of carbonyl (C=O) groups excluding carboxylic acids is 1. The summed E-state index contributed by atoms with van der Waals surface area (Å²) in [5.74, 6) is -0.230. The summed E-state index contributed by atoms with van der Waals surface area (Å²) >= 11 is 0. The van der Waals surface area contributed by atoms with Crippen LogP contribution in [0.1, 0.15) is 12.8 Å². The molecule has 0 unspecified atom stereocenters. The zero-order valence-corrected chi connectivity index (χ0v) is 12.7. The first-order chi connectivity index (χ1) is 11.0. The molecule has 8 nitrogen and oxygen atoms in total. The van der Waals surface area contributed by atoms with Gasteiger partial charge in [-0.2, -0.15) is 4.98 Å². The van der Waals surface area contributed by atoms with Crippen LogP contribution in [0.3, 0.4) is 0 Å². The Balaban J connectivity index is 1.61. The minimum Gasteiger partial charge on any atom is -0.481 e. The van der Waals surface area contributed by atoms with E-state index in [0.29, 0.717) is 30.8 Å². The van der Waals surface area contributed by atoms with E-state index < -0.39 is 17.3 Å². The third-order valence-electron chi connectivity index (χ3n) is 5.17. The second-order valence-electron chi connectivity index (χ2n) is 6.84. The molecule has 2 atom stereocenters. The fourth-order valence-corrected chi connectivity index (χ4v) is 3.74. The molecule has 0 aromatic carbocycles. The molecule has 3 heterocycles. The Kier molecular flexibility index (Phi) is 2.97. The molecule has 1 amide bonds. The van der Waals surface area contributed by atoms with Gasteiger partial charge in [-0.25, -0.2) is 4.98 Å². The van der Waals surface area contributed by atoms with Crippen LogP contribution >= 0.6 is 0 Å². The molecule has 2 aliphatic heterocycles. The van der Waals surface area contributed by atoms with E-state index in [1.807, 2.05) is 0 Å². The monoisotopic (exact) mass is 317 g/mol. The zero-order chi connectivity index (χ0) is 16.2. The molecule has 8 heteroatoms. The van der Waals surface area contributed by atoms with Crippen molar-refractivity contribution in [2.45, 2.75) is 12.8 Å². The normalized spacial score (nSPS) is 29.9. The Morgan fingerprint density at radius 3 is 2.83 bits per heavy atom. The van der Waals surface area contributed by atoms with Crippen molar-refractivity contribution in [3.05, 3.63) is 12.3 Å². The Morgan fingerprint density at radius 2 is 2.22 bits per heavy atom. The predicted molar refractivity (Wildman–Crippen MR) is 81.5 cm³/mol. The van der Waals surface area contributed by atoms with Gasteiger partial charge < -0.3 is 20.6 Å². The molecular formula is C15H19N5O3. The van der Waals surface area contributed by atoms with E-state index in [9.17, 15) is 14.7 Å². The summed E-state index contributed by atoms with van der Waals surface area (Å²) in [6.45, 7) is 1.54. The number of anilines is 2. The van der Waals surface area contributed by atoms with Gasteiger partial charge >= 0.3 is 5.97 Å². The molecule has 0 spiro atoms. The van der Waals surface area contributed by atoms with Crippen LogP contribution in [0.2, 0.25) is 0 Å². The number of aliphatic carboxylic acids is 1. The quantitative estimate of drug-likeness (QED) is 0.792. The molecule has 1 aromatic heterocycles. The van der Waals surface area contributed by atoms with Crippen LogP contribution in [-0.4, -0.2) is 58.0 Å². The minimum atomic E-state index is -1.07. The number of hydrogen-bond acceptors (Lipinski definition) is 6. The van der Waals surface area contributed by atoms with Gasteiger partial charge in [0, 0.05) is 32.4 Å². The number of aromatic nitrogens is 2. The van der Waals surface area contributed by atoms with Crippen LogP contribution in [0, 0.1) is 17.3 Å². The topological polar surface area (TPSA) is 113 Å². The van der Waals surface area contributed by atoms with Crippen molar-refractivity contribution >= 4 is 23.6 Å². The number of carboxylic acid groups (broad SMARTS) is 1. The SMILES string of the molecule is Nc1ccnc(N2C[C@H]3C(=O)N(CC4CC4)C[C@@]3(C(=O)O)C2)n1. The molecule has 4 rings (SSSR count). The number of carboxylic acids is 1. The minimum absolute atomic E-state index is 0.0503. The van der Waals surface area contributed by atoms with Crippen LogP contribution in [0.4, 0.5) is 11.8 Å². The highest BCUT2D eigenvalue weighted by Gasteiger charge is 2.62. The fourth-order valence-electron chi connectivity index (χ4n) is 3.74. The predicted octanol–water partition coefficient (Wildman–Crippen LogP) is -0.182. The maximum atomic E-state index is 12.7. The maximum Gasteiger partial charge on any atom is 0.314 e. The summed E-state index contributed by atoms with van der Waals surface area (Å²) in [4.78, 5) is 36.5. The van der Waals surface area contributed by atoms with Crippen molar-refractivity contribution in [1.82, 2.24) is 14.9 Å². The van der Waals surface area contributed by atoms with Crippen LogP contribution in [0.25, 0.3) is 0 Å². The summed E-state index contributed by atoms with van der Waals surface area (Å²) < 4.78 is 0. The molecule has 0 bridgehead atoms. The summed E-state index contributed by atoms with van der Waals surface area (Å²) in [6.07, 6.45) is 3.82. The first-order valence-electron chi connectivity index (χ1n) is 7.85. The van der Waals surface area contributed by atoms with E-state index in [2.05, 4.69) is 9.97 Å². The van der Waals surface area contributed by atoms with Crippen molar-refractivity contribution < 1.29 is 14.7 Å². The van der Waals surface area contributed by atoms with Gasteiger partial charge in [0.05, 0.1) is 5.92 Å². The van der Waals surface area contributed by atoms with Crippen molar-refractivity contribution in [2.24, 2.45) is 17.3 Å². The van der Waals surface area contributed by atoms with E-state index in [0.717, 1.165) is 12.8 Å². The summed E-state index contributed by atoms with van der Waals surface area (Å²) in [5, 5.41) is 9.81. The van der Waals surface area contributed by atoms with Gasteiger partial charge in [0.15, 0.2) is 0 Å². The van der Waals surface area contributed by atoms with E-state index in [-0.39, 0.29) is 19.0 Å². The van der Waals surface area contributed by atoms with Crippen molar-refractivity contribution in [3.8, 4) is 0 Å². The summed E-state index contributed by atoms with van der Waals surface area (Å²) in [7, 11) is 0. The smallest absolute Gasteiger partial charge is 0.314 e. The average molecular weight is 317 g/mol. The second kappa shape index (κ2) is 4.81. The number of hydrogen-bond donors (Lipinski definition) is 2. The van der Waals surface area contributed by atoms with Gasteiger partial charge in [-0.05, 0) is 24.8 Å². The van der Waals surface area contributed by atoms with Crippen LogP contribution in [0.15, 0.2) is 12.3 Å². The number of nitrogen functional groups attached to an aromatic ring is 1. The van der Waals surface area contributed by atoms with Crippen LogP contribution in [0.5, 0.6) is 0 Å². The molecule has 3 aliphatic rings. The Labute approximate surface area is 133 Å². The number of rotatable bonds is 4. The molecule has 3 fully saturated rings. The molecule has 0 radical (unpaired) electrons. The van der Waals surface area contributed by atoms with Crippen molar-refractivity contribution in [3.63, 3.8) is 0 Å². The molecule has 3 N–H and O–H groups in total. The highest BCUT2D eigenvalue weighted by atomic mass is 16.4. The van der Waals surface area contributed by atoms with Crippen LogP contribution < -0.4 is 10.6 Å². The van der Waals surface area contributed by atoms with Crippen LogP contribution in [-0.2, 0) is 9.59 Å². The number of fused-ring (bicyclic) bond motifs is 1. The summed E-state index contributed by atoms with van der Waals surface area (Å²) in [6, 6.07) is 1.58. The first-order valence-corrected chi connectivity index (χ1v) is 7.85. The lowest BCUT2D eigenvalue weighted by Crippen LogP contribution is -2.41. The fraction of sp³-hybridized carbons (Fsp3) is 0.600. The Bertz CT molecular complexity index is 677. The third kappa shape index (κ3) is 2.20. The van der Waals surface area contributed by atoms with Gasteiger partial charge in [0.2, 0.25) is 11.9 Å². The average Bonchev–Trinajstić information content (AvgIpc) is 3.17. The molecule has 122 valence electrons. The van der Waals surface area contributed by atoms with Crippen molar-refractivity contribution in [2.75, 3.05) is 36.8 Å². The molecule has 23 heavy (non-hydrogen) atoms. The number of nitrogens with two attached hydrogens (primary N) is 1. The van der Waals surface area contributed by atoms with E-state index in [1.165, 1.54) is 0 Å². The molecule has 2 saturated heterocycles. The Hall–Kier alpha value is -2.38. The number of carbonyl (C=O) groups is 2. The Morgan fingerprint density at radius 1 is 1.43 bits per heavy atom. The van der Waals surface area contributed by atoms with Gasteiger partial charge in [0.1, 0.15) is 11.2 Å². The number of amides is 1. The second-order valence-corrected chi connectivity index (χ2v) is 6.84. The number of nitrogens with zero attached hydrogens (tertiary/aromatic N) is 4. The zero-order valence-electron chi connectivity index (χ0n) is 12.7. The van der Waals surface area contributed by atoms with Gasteiger partial charge in [-0.3, -0.25) is 9.59 Å². The third-order valence-corrected chi connectivity index (χ3v) is 5.17. The van der Waals surface area contributed by atoms with Gasteiger partial charge in [-0.1, -0.05) is 0 Å². The molecule has 1 aromatic rings. The lowest BCUT2D eigenvalue weighted by Gasteiger charge is -2.25. The van der Waals surface area contributed by atoms with E-state index in [1.54, 1.807) is 22.1 Å². The van der Waals surface area contributed by atoms with Gasteiger partial charge in [0.25, 0.3) is 0 Å². The highest BCUT2D eigenvalue weighted by molar-refractivity contribution is 5.93. The molecule has 1 saturated carbocycles. The lowest BCUT2D eigenvalue weighted by molar-refractivity contribution is -0.149. The maximum absolute atomic E-state index is 12.7. The summed E-state index contributed by atoms with van der Waals surface area (Å²) in [5.41, 5.74) is 4.61. The first kappa shape index (κ1) is 14.2. The molecule has 1 aliphatic carbocycles. The van der Waals surface area contributed by atoms with Gasteiger partial charge in [-0.15, -0.1) is 0 Å². The standard InChI is InChI=1S/C15H19N5O3/c16-11-3-4-17-14(18-11)20-6-10-12(21)19(5-9-1-2-9)7-15(10,8-20)13(22)23/h3-4,9-10H,1-2,5-8H2,(H,22,23)(H2,16,17,18)/t10-,15+/m0/s1. The highest BCUT2D eigenvalue weighted by Crippen LogP contribution is 2.45. The lowest BCUT2D eigenvalue weighted by atomic mass is 9.81. The van der Waals surface area contributed by atoms with Crippen molar-refractivity contribution in [1.29, 1.82) is 0 Å². The van der Waals surface area contributed by atoms with E-state index in [4.69, 9.17) is 5.73 Å². The molecular weight excluding hydrogens is 298 g/mol. The number of likely N-dealkylation sites (tertiary alicyclic amines) is 1. The van der Waals surface area contributed by atoms with E-state index >= 15 is 0 Å². The largest absolute Gasteiger partial charge is 0.481 e.